The second-order valence-corrected chi connectivity index (χ2v) is 8.14. The molecule has 1 aliphatic heterocycles. The van der Waals surface area contributed by atoms with Gasteiger partial charge in [-0.25, -0.2) is 8.42 Å². The van der Waals surface area contributed by atoms with Gasteiger partial charge < -0.3 is 5.32 Å². The maximum absolute atomic E-state index is 12.4. The predicted octanol–water partition coefficient (Wildman–Crippen LogP) is 2.96. The molecule has 0 saturated carbocycles. The maximum Gasteiger partial charge on any atom is 0.255 e. The van der Waals surface area contributed by atoms with Crippen LogP contribution in [0, 0.1) is 6.92 Å². The predicted molar refractivity (Wildman–Crippen MR) is 96.1 cm³/mol. The van der Waals surface area contributed by atoms with Crippen LogP contribution in [-0.4, -0.2) is 26.6 Å². The van der Waals surface area contributed by atoms with E-state index in [9.17, 15) is 13.2 Å². The first-order chi connectivity index (χ1) is 11.3. The molecule has 3 rings (SSSR count). The van der Waals surface area contributed by atoms with Crippen molar-refractivity contribution in [2.75, 3.05) is 15.9 Å². The van der Waals surface area contributed by atoms with Crippen LogP contribution in [0.4, 0.5) is 11.4 Å². The summed E-state index contributed by atoms with van der Waals surface area (Å²) < 4.78 is 25.3. The van der Waals surface area contributed by atoms with E-state index in [1.54, 1.807) is 18.2 Å². The van der Waals surface area contributed by atoms with E-state index in [1.807, 2.05) is 38.1 Å². The van der Waals surface area contributed by atoms with Gasteiger partial charge in [-0.3, -0.25) is 9.10 Å². The Hall–Kier alpha value is -2.34. The lowest BCUT2D eigenvalue weighted by atomic mass is 10.1. The van der Waals surface area contributed by atoms with E-state index in [0.717, 1.165) is 16.8 Å². The third-order valence-electron chi connectivity index (χ3n) is 4.13. The zero-order valence-electron chi connectivity index (χ0n) is 13.9. The SMILES string of the molecule is Cc1cccc(NC(=O)c2ccc3c(c2)C[C@@H](C)N3S(C)(=O)=O)c1. The first kappa shape index (κ1) is 16.5. The molecule has 0 aliphatic carbocycles. The van der Waals surface area contributed by atoms with Gasteiger partial charge in [0.05, 0.1) is 11.9 Å². The van der Waals surface area contributed by atoms with Crippen LogP contribution in [0.1, 0.15) is 28.4 Å². The normalized spacial score (nSPS) is 16.8. The summed E-state index contributed by atoms with van der Waals surface area (Å²) in [6.45, 7) is 3.83. The lowest BCUT2D eigenvalue weighted by Crippen LogP contribution is -2.34. The van der Waals surface area contributed by atoms with Gasteiger partial charge in [0.1, 0.15) is 0 Å². The summed E-state index contributed by atoms with van der Waals surface area (Å²) in [5.74, 6) is -0.200. The molecule has 0 bridgehead atoms. The minimum absolute atomic E-state index is 0.134. The molecule has 0 saturated heterocycles. The van der Waals surface area contributed by atoms with Gasteiger partial charge >= 0.3 is 0 Å². The number of hydrogen-bond acceptors (Lipinski definition) is 3. The number of carbonyl (C=O) groups excluding carboxylic acids is 1. The fourth-order valence-electron chi connectivity index (χ4n) is 3.18. The monoisotopic (exact) mass is 344 g/mol. The number of nitrogens with one attached hydrogen (secondary N) is 1. The summed E-state index contributed by atoms with van der Waals surface area (Å²) in [4.78, 5) is 12.4. The molecule has 1 N–H and O–H groups in total. The van der Waals surface area contributed by atoms with Crippen molar-refractivity contribution in [2.24, 2.45) is 0 Å². The van der Waals surface area contributed by atoms with Gasteiger partial charge in [-0.2, -0.15) is 0 Å². The van der Waals surface area contributed by atoms with Gasteiger partial charge in [0.25, 0.3) is 5.91 Å². The first-order valence-corrected chi connectivity index (χ1v) is 9.61. The molecular weight excluding hydrogens is 324 g/mol. The zero-order valence-corrected chi connectivity index (χ0v) is 14.7. The van der Waals surface area contributed by atoms with Crippen LogP contribution < -0.4 is 9.62 Å². The van der Waals surface area contributed by atoms with Crippen molar-refractivity contribution in [1.29, 1.82) is 0 Å². The fourth-order valence-corrected chi connectivity index (χ4v) is 4.44. The maximum atomic E-state index is 12.4. The molecule has 0 radical (unpaired) electrons. The number of rotatable bonds is 3. The van der Waals surface area contributed by atoms with Gasteiger partial charge in [-0.05, 0) is 61.7 Å². The molecule has 0 fully saturated rings. The lowest BCUT2D eigenvalue weighted by molar-refractivity contribution is 0.102. The topological polar surface area (TPSA) is 66.5 Å². The number of nitrogens with zero attached hydrogens (tertiary/aromatic N) is 1. The second-order valence-electron chi connectivity index (χ2n) is 6.28. The van der Waals surface area contributed by atoms with Crippen LogP contribution in [0.2, 0.25) is 0 Å². The largest absolute Gasteiger partial charge is 0.322 e. The van der Waals surface area contributed by atoms with Gasteiger partial charge in [-0.1, -0.05) is 12.1 Å². The average Bonchev–Trinajstić information content (AvgIpc) is 2.81. The molecule has 1 aliphatic rings. The average molecular weight is 344 g/mol. The van der Waals surface area contributed by atoms with E-state index in [2.05, 4.69) is 5.32 Å². The van der Waals surface area contributed by atoms with Crippen molar-refractivity contribution < 1.29 is 13.2 Å². The van der Waals surface area contributed by atoms with E-state index in [-0.39, 0.29) is 11.9 Å². The number of aryl methyl sites for hydroxylation is 1. The molecule has 0 unspecified atom stereocenters. The van der Waals surface area contributed by atoms with Crippen molar-refractivity contribution in [3.63, 3.8) is 0 Å². The number of hydrogen-bond donors (Lipinski definition) is 1. The van der Waals surface area contributed by atoms with Crippen molar-refractivity contribution in [1.82, 2.24) is 0 Å². The number of sulfonamides is 1. The Kier molecular flexibility index (Phi) is 4.09. The minimum Gasteiger partial charge on any atom is -0.322 e. The Balaban J connectivity index is 1.87. The van der Waals surface area contributed by atoms with E-state index in [0.29, 0.717) is 17.7 Å². The number of amides is 1. The van der Waals surface area contributed by atoms with Crippen LogP contribution in [0.5, 0.6) is 0 Å². The Bertz CT molecular complexity index is 906. The van der Waals surface area contributed by atoms with Gasteiger partial charge in [-0.15, -0.1) is 0 Å². The Morgan fingerprint density at radius 3 is 2.62 bits per heavy atom. The van der Waals surface area contributed by atoms with Crippen molar-refractivity contribution in [2.45, 2.75) is 26.3 Å². The summed E-state index contributed by atoms with van der Waals surface area (Å²) >= 11 is 0. The smallest absolute Gasteiger partial charge is 0.255 e. The molecule has 2 aromatic carbocycles. The number of carbonyl (C=O) groups is 1. The summed E-state index contributed by atoms with van der Waals surface area (Å²) in [5.41, 5.74) is 3.88. The van der Waals surface area contributed by atoms with E-state index in [4.69, 9.17) is 0 Å². The number of anilines is 2. The molecule has 5 nitrogen and oxygen atoms in total. The van der Waals surface area contributed by atoms with Crippen LogP contribution in [0.3, 0.4) is 0 Å². The number of benzene rings is 2. The minimum atomic E-state index is -3.32. The fraction of sp³-hybridized carbons (Fsp3) is 0.278. The molecule has 1 heterocycles. The molecule has 2 aromatic rings. The Labute approximate surface area is 142 Å². The molecule has 24 heavy (non-hydrogen) atoms. The molecule has 1 atom stereocenters. The van der Waals surface area contributed by atoms with Crippen molar-refractivity contribution in [3.05, 3.63) is 59.2 Å². The molecular formula is C18H20N2O3S. The van der Waals surface area contributed by atoms with Crippen LogP contribution in [0.25, 0.3) is 0 Å². The second kappa shape index (κ2) is 5.94. The molecule has 0 spiro atoms. The van der Waals surface area contributed by atoms with Crippen LogP contribution >= 0.6 is 0 Å². The molecule has 1 amide bonds. The quantitative estimate of drug-likeness (QED) is 0.931. The zero-order chi connectivity index (χ0) is 17.5. The van der Waals surface area contributed by atoms with Crippen LogP contribution in [-0.2, 0) is 16.4 Å². The third kappa shape index (κ3) is 3.14. The highest BCUT2D eigenvalue weighted by Crippen LogP contribution is 2.34. The highest BCUT2D eigenvalue weighted by atomic mass is 32.2. The van der Waals surface area contributed by atoms with Gasteiger partial charge in [0.15, 0.2) is 0 Å². The highest BCUT2D eigenvalue weighted by Gasteiger charge is 2.32. The molecule has 0 aromatic heterocycles. The summed E-state index contributed by atoms with van der Waals surface area (Å²) in [6.07, 6.45) is 1.81. The van der Waals surface area contributed by atoms with Crippen molar-refractivity contribution >= 4 is 27.3 Å². The first-order valence-electron chi connectivity index (χ1n) is 7.76. The van der Waals surface area contributed by atoms with Crippen molar-refractivity contribution in [3.8, 4) is 0 Å². The van der Waals surface area contributed by atoms with E-state index < -0.39 is 10.0 Å². The van der Waals surface area contributed by atoms with E-state index >= 15 is 0 Å². The summed E-state index contributed by atoms with van der Waals surface area (Å²) in [5, 5.41) is 2.87. The van der Waals surface area contributed by atoms with Gasteiger partial charge in [0.2, 0.25) is 10.0 Å². The van der Waals surface area contributed by atoms with E-state index in [1.165, 1.54) is 10.6 Å². The highest BCUT2D eigenvalue weighted by molar-refractivity contribution is 7.92. The standard InChI is InChI=1S/C18H20N2O3S/c1-12-5-4-6-16(9-12)19-18(21)14-7-8-17-15(11-14)10-13(2)20(17)24(3,22)23/h4-9,11,13H,10H2,1-3H3,(H,19,21)/t13-/m1/s1. The Morgan fingerprint density at radius 1 is 1.21 bits per heavy atom. The lowest BCUT2D eigenvalue weighted by Gasteiger charge is -2.21. The Morgan fingerprint density at radius 2 is 1.96 bits per heavy atom. The third-order valence-corrected chi connectivity index (χ3v) is 5.40. The molecule has 6 heteroatoms. The summed E-state index contributed by atoms with van der Waals surface area (Å²) in [7, 11) is -3.32. The van der Waals surface area contributed by atoms with Gasteiger partial charge in [0, 0.05) is 17.3 Å². The number of fused-ring (bicyclic) bond motifs is 1. The molecule has 126 valence electrons. The van der Waals surface area contributed by atoms with Crippen LogP contribution in [0.15, 0.2) is 42.5 Å². The summed E-state index contributed by atoms with van der Waals surface area (Å²) in [6, 6.07) is 12.6.